The lowest BCUT2D eigenvalue weighted by Gasteiger charge is -2.36. The van der Waals surface area contributed by atoms with Crippen LogP contribution in [0, 0.1) is 5.92 Å². The molecule has 0 amide bonds. The predicted molar refractivity (Wildman–Crippen MR) is 77.2 cm³/mol. The number of piperazine rings is 1. The summed E-state index contributed by atoms with van der Waals surface area (Å²) in [6.07, 6.45) is 2.57. The number of nitrogens with zero attached hydrogens (tertiary/aromatic N) is 1. The van der Waals surface area contributed by atoms with Crippen LogP contribution in [-0.2, 0) is 4.74 Å². The lowest BCUT2D eigenvalue weighted by molar-refractivity contribution is 0.0338. The van der Waals surface area contributed by atoms with Crippen molar-refractivity contribution in [2.75, 3.05) is 39.4 Å². The average Bonchev–Trinajstić information content (AvgIpc) is 2.49. The standard InChI is InChI=1S/C16H24N2O/c1-2-6-15(7-3-1)16-12-18(9-8-17-16)11-14-5-4-10-19-13-14/h1-3,6-7,14,16-17H,4-5,8-13H2. The predicted octanol–water partition coefficient (Wildman–Crippen LogP) is 2.06. The highest BCUT2D eigenvalue weighted by atomic mass is 16.5. The van der Waals surface area contributed by atoms with Crippen molar-refractivity contribution in [1.29, 1.82) is 0 Å². The summed E-state index contributed by atoms with van der Waals surface area (Å²) in [6.45, 7) is 6.50. The fourth-order valence-corrected chi connectivity index (χ4v) is 3.20. The van der Waals surface area contributed by atoms with E-state index in [2.05, 4.69) is 40.5 Å². The number of nitrogens with one attached hydrogen (secondary N) is 1. The topological polar surface area (TPSA) is 24.5 Å². The molecule has 2 heterocycles. The number of rotatable bonds is 3. The summed E-state index contributed by atoms with van der Waals surface area (Å²) in [5.74, 6) is 0.739. The molecular weight excluding hydrogens is 236 g/mol. The summed E-state index contributed by atoms with van der Waals surface area (Å²) < 4.78 is 5.59. The van der Waals surface area contributed by atoms with Gasteiger partial charge in [-0.2, -0.15) is 0 Å². The molecule has 3 rings (SSSR count). The van der Waals surface area contributed by atoms with Gasteiger partial charge >= 0.3 is 0 Å². The van der Waals surface area contributed by atoms with E-state index in [1.807, 2.05) is 0 Å². The van der Waals surface area contributed by atoms with Crippen molar-refractivity contribution in [2.24, 2.45) is 5.92 Å². The van der Waals surface area contributed by atoms with Crippen molar-refractivity contribution in [2.45, 2.75) is 18.9 Å². The third-order valence-corrected chi connectivity index (χ3v) is 4.23. The third-order valence-electron chi connectivity index (χ3n) is 4.23. The Hall–Kier alpha value is -0.900. The maximum Gasteiger partial charge on any atom is 0.0506 e. The number of hydrogen-bond donors (Lipinski definition) is 1. The maximum atomic E-state index is 5.59. The zero-order valence-electron chi connectivity index (χ0n) is 11.6. The van der Waals surface area contributed by atoms with Gasteiger partial charge in [-0.3, -0.25) is 4.90 Å². The first-order valence-electron chi connectivity index (χ1n) is 7.50. The zero-order chi connectivity index (χ0) is 12.9. The molecule has 2 saturated heterocycles. The Morgan fingerprint density at radius 1 is 1.26 bits per heavy atom. The van der Waals surface area contributed by atoms with Crippen LogP contribution in [0.4, 0.5) is 0 Å². The number of hydrogen-bond acceptors (Lipinski definition) is 3. The summed E-state index contributed by atoms with van der Waals surface area (Å²) in [6, 6.07) is 11.3. The fourth-order valence-electron chi connectivity index (χ4n) is 3.20. The van der Waals surface area contributed by atoms with E-state index in [1.165, 1.54) is 31.5 Å². The van der Waals surface area contributed by atoms with Gasteiger partial charge in [0.1, 0.15) is 0 Å². The molecule has 104 valence electrons. The SMILES string of the molecule is c1ccc(C2CN(CC3CCCOC3)CCN2)cc1. The highest BCUT2D eigenvalue weighted by Gasteiger charge is 2.23. The van der Waals surface area contributed by atoms with Gasteiger partial charge in [-0.15, -0.1) is 0 Å². The monoisotopic (exact) mass is 260 g/mol. The first kappa shape index (κ1) is 13.1. The molecule has 2 unspecified atom stereocenters. The van der Waals surface area contributed by atoms with Crippen LogP contribution in [0.3, 0.4) is 0 Å². The van der Waals surface area contributed by atoms with Crippen LogP contribution in [0.15, 0.2) is 30.3 Å². The van der Waals surface area contributed by atoms with Crippen LogP contribution in [0.1, 0.15) is 24.4 Å². The molecule has 0 bridgehead atoms. The van der Waals surface area contributed by atoms with Gasteiger partial charge in [0, 0.05) is 38.8 Å². The summed E-state index contributed by atoms with van der Waals surface area (Å²) in [4.78, 5) is 2.60. The van der Waals surface area contributed by atoms with Crippen molar-refractivity contribution in [1.82, 2.24) is 10.2 Å². The Balaban J connectivity index is 1.55. The van der Waals surface area contributed by atoms with E-state index >= 15 is 0 Å². The first-order valence-corrected chi connectivity index (χ1v) is 7.50. The van der Waals surface area contributed by atoms with Gasteiger partial charge in [-0.05, 0) is 24.3 Å². The van der Waals surface area contributed by atoms with Crippen LogP contribution in [0.5, 0.6) is 0 Å². The molecule has 2 fully saturated rings. The molecule has 1 N–H and O–H groups in total. The molecule has 2 aliphatic heterocycles. The Labute approximate surface area is 115 Å². The second-order valence-corrected chi connectivity index (χ2v) is 5.76. The molecule has 2 atom stereocenters. The molecule has 19 heavy (non-hydrogen) atoms. The first-order chi connectivity index (χ1) is 9.42. The summed E-state index contributed by atoms with van der Waals surface area (Å²) in [7, 11) is 0. The van der Waals surface area contributed by atoms with E-state index in [4.69, 9.17) is 4.74 Å². The Morgan fingerprint density at radius 2 is 2.16 bits per heavy atom. The summed E-state index contributed by atoms with van der Waals surface area (Å²) >= 11 is 0. The highest BCUT2D eigenvalue weighted by molar-refractivity contribution is 5.19. The largest absolute Gasteiger partial charge is 0.381 e. The molecule has 0 aliphatic carbocycles. The van der Waals surface area contributed by atoms with Gasteiger partial charge < -0.3 is 10.1 Å². The van der Waals surface area contributed by atoms with Crippen molar-refractivity contribution in [3.05, 3.63) is 35.9 Å². The molecule has 0 saturated carbocycles. The molecule has 1 aromatic rings. The molecule has 0 aromatic heterocycles. The lowest BCUT2D eigenvalue weighted by atomic mass is 9.99. The molecule has 0 radical (unpaired) electrons. The van der Waals surface area contributed by atoms with Gasteiger partial charge in [0.2, 0.25) is 0 Å². The van der Waals surface area contributed by atoms with Gasteiger partial charge in [0.15, 0.2) is 0 Å². The van der Waals surface area contributed by atoms with Gasteiger partial charge in [0.05, 0.1) is 6.61 Å². The second-order valence-electron chi connectivity index (χ2n) is 5.76. The Morgan fingerprint density at radius 3 is 2.95 bits per heavy atom. The quantitative estimate of drug-likeness (QED) is 0.900. The molecule has 1 aromatic carbocycles. The van der Waals surface area contributed by atoms with Crippen LogP contribution in [-0.4, -0.2) is 44.3 Å². The zero-order valence-corrected chi connectivity index (χ0v) is 11.6. The normalized spacial score (nSPS) is 29.3. The van der Waals surface area contributed by atoms with Crippen LogP contribution in [0.25, 0.3) is 0 Å². The van der Waals surface area contributed by atoms with Gasteiger partial charge in [-0.25, -0.2) is 0 Å². The minimum Gasteiger partial charge on any atom is -0.381 e. The smallest absolute Gasteiger partial charge is 0.0506 e. The van der Waals surface area contributed by atoms with E-state index < -0.39 is 0 Å². The number of ether oxygens (including phenoxy) is 1. The third kappa shape index (κ3) is 3.56. The van der Waals surface area contributed by atoms with E-state index in [9.17, 15) is 0 Å². The molecular formula is C16H24N2O. The molecule has 3 nitrogen and oxygen atoms in total. The lowest BCUT2D eigenvalue weighted by Crippen LogP contribution is -2.48. The van der Waals surface area contributed by atoms with Gasteiger partial charge in [-0.1, -0.05) is 30.3 Å². The minimum absolute atomic E-state index is 0.486. The van der Waals surface area contributed by atoms with E-state index in [1.54, 1.807) is 0 Å². The Kier molecular flexibility index (Phi) is 4.49. The fraction of sp³-hybridized carbons (Fsp3) is 0.625. The number of benzene rings is 1. The average molecular weight is 260 g/mol. The summed E-state index contributed by atoms with van der Waals surface area (Å²) in [5.41, 5.74) is 1.41. The van der Waals surface area contributed by atoms with Crippen molar-refractivity contribution in [3.63, 3.8) is 0 Å². The molecule has 3 heteroatoms. The maximum absolute atomic E-state index is 5.59. The van der Waals surface area contributed by atoms with Crippen molar-refractivity contribution >= 4 is 0 Å². The van der Waals surface area contributed by atoms with E-state index in [0.29, 0.717) is 6.04 Å². The molecule has 2 aliphatic rings. The highest BCUT2D eigenvalue weighted by Crippen LogP contribution is 2.20. The van der Waals surface area contributed by atoms with Crippen molar-refractivity contribution in [3.8, 4) is 0 Å². The van der Waals surface area contributed by atoms with Crippen molar-refractivity contribution < 1.29 is 4.74 Å². The minimum atomic E-state index is 0.486. The van der Waals surface area contributed by atoms with E-state index in [0.717, 1.165) is 32.2 Å². The van der Waals surface area contributed by atoms with E-state index in [-0.39, 0.29) is 0 Å². The van der Waals surface area contributed by atoms with Crippen LogP contribution < -0.4 is 5.32 Å². The van der Waals surface area contributed by atoms with Gasteiger partial charge in [0.25, 0.3) is 0 Å². The second kappa shape index (κ2) is 6.51. The Bertz CT molecular complexity index is 376. The molecule has 0 spiro atoms. The van der Waals surface area contributed by atoms with Crippen LogP contribution >= 0.6 is 0 Å². The summed E-state index contributed by atoms with van der Waals surface area (Å²) in [5, 5.41) is 3.63. The van der Waals surface area contributed by atoms with Crippen LogP contribution in [0.2, 0.25) is 0 Å².